The molecule has 26 heavy (non-hydrogen) atoms. The molecule has 3 aromatic rings. The highest BCUT2D eigenvalue weighted by Gasteiger charge is 2.37. The Morgan fingerprint density at radius 1 is 1.27 bits per heavy atom. The molecule has 0 aliphatic carbocycles. The van der Waals surface area contributed by atoms with Crippen LogP contribution in [0.15, 0.2) is 42.5 Å². The van der Waals surface area contributed by atoms with Crippen LogP contribution in [-0.2, 0) is 4.79 Å². The molecular formula is C19H19ClN4OS. The maximum atomic E-state index is 11.9. The van der Waals surface area contributed by atoms with Gasteiger partial charge in [-0.05, 0) is 54.5 Å². The second-order valence-corrected chi connectivity index (χ2v) is 8.03. The number of fused-ring (bicyclic) bond motifs is 1. The summed E-state index contributed by atoms with van der Waals surface area (Å²) in [5.41, 5.74) is 3.02. The minimum Gasteiger partial charge on any atom is -0.375 e. The molecule has 0 amide bonds. The van der Waals surface area contributed by atoms with Crippen LogP contribution in [0.4, 0.5) is 5.69 Å². The highest BCUT2D eigenvalue weighted by atomic mass is 35.5. The molecule has 1 aliphatic heterocycles. The summed E-state index contributed by atoms with van der Waals surface area (Å²) in [6.45, 7) is 1.80. The lowest BCUT2D eigenvalue weighted by Gasteiger charge is -2.26. The van der Waals surface area contributed by atoms with E-state index in [0.29, 0.717) is 0 Å². The first-order valence-electron chi connectivity index (χ1n) is 8.52. The van der Waals surface area contributed by atoms with Crippen molar-refractivity contribution in [2.75, 3.05) is 25.5 Å². The smallest absolute Gasteiger partial charge is 0.142 e. The molecule has 4 rings (SSSR count). The summed E-state index contributed by atoms with van der Waals surface area (Å²) in [4.78, 5) is 14.2. The van der Waals surface area contributed by atoms with Crippen LogP contribution < -0.4 is 5.32 Å². The molecule has 2 aromatic carbocycles. The van der Waals surface area contributed by atoms with Crippen molar-refractivity contribution in [2.24, 2.45) is 5.92 Å². The van der Waals surface area contributed by atoms with Gasteiger partial charge in [-0.2, -0.15) is 0 Å². The van der Waals surface area contributed by atoms with E-state index in [-0.39, 0.29) is 17.9 Å². The summed E-state index contributed by atoms with van der Waals surface area (Å²) in [6, 6.07) is 13.6. The van der Waals surface area contributed by atoms with Gasteiger partial charge in [0.15, 0.2) is 0 Å². The largest absolute Gasteiger partial charge is 0.375 e. The van der Waals surface area contributed by atoms with Gasteiger partial charge >= 0.3 is 0 Å². The van der Waals surface area contributed by atoms with Crippen LogP contribution in [0.25, 0.3) is 10.2 Å². The molecule has 1 aromatic heterocycles. The summed E-state index contributed by atoms with van der Waals surface area (Å²) >= 11 is 7.39. The van der Waals surface area contributed by atoms with Crippen LogP contribution in [0.2, 0.25) is 5.02 Å². The number of hydrogen-bond donors (Lipinski definition) is 1. The zero-order valence-corrected chi connectivity index (χ0v) is 15.9. The molecule has 0 spiro atoms. The number of aromatic nitrogens is 2. The molecule has 1 aliphatic rings. The third kappa shape index (κ3) is 3.45. The summed E-state index contributed by atoms with van der Waals surface area (Å²) in [5.74, 6) is 0.475. The van der Waals surface area contributed by atoms with Gasteiger partial charge in [-0.1, -0.05) is 28.2 Å². The zero-order valence-electron chi connectivity index (χ0n) is 14.3. The van der Waals surface area contributed by atoms with Crippen molar-refractivity contribution >= 4 is 45.3 Å². The van der Waals surface area contributed by atoms with E-state index in [4.69, 9.17) is 11.6 Å². The van der Waals surface area contributed by atoms with Crippen LogP contribution in [0.3, 0.4) is 0 Å². The minimum atomic E-state index is -0.265. The van der Waals surface area contributed by atoms with Crippen LogP contribution >= 0.6 is 23.1 Å². The van der Waals surface area contributed by atoms with E-state index in [1.54, 1.807) is 0 Å². The molecule has 1 N–H and O–H groups in total. The first-order chi connectivity index (χ1) is 12.6. The van der Waals surface area contributed by atoms with Crippen molar-refractivity contribution in [3.63, 3.8) is 0 Å². The molecule has 3 atom stereocenters. The zero-order chi connectivity index (χ0) is 18.1. The topological polar surface area (TPSA) is 58.1 Å². The van der Waals surface area contributed by atoms with Gasteiger partial charge in [0, 0.05) is 35.6 Å². The SMILES string of the molecule is CN1CC([C@H](C=O)Nc2ccc3nnsc3c2)[C@H](c2ccc(Cl)cc2)C1. The Bertz CT molecular complexity index is 913. The summed E-state index contributed by atoms with van der Waals surface area (Å²) < 4.78 is 4.98. The molecule has 0 saturated carbocycles. The highest BCUT2D eigenvalue weighted by molar-refractivity contribution is 7.12. The van der Waals surface area contributed by atoms with Gasteiger partial charge in [0.1, 0.15) is 11.8 Å². The third-order valence-electron chi connectivity index (χ3n) is 5.03. The average molecular weight is 387 g/mol. The predicted molar refractivity (Wildman–Crippen MR) is 106 cm³/mol. The lowest BCUT2D eigenvalue weighted by Crippen LogP contribution is -2.35. The maximum absolute atomic E-state index is 11.9. The van der Waals surface area contributed by atoms with Crippen molar-refractivity contribution in [3.05, 3.63) is 53.1 Å². The summed E-state index contributed by atoms with van der Waals surface area (Å²) in [7, 11) is 2.10. The van der Waals surface area contributed by atoms with Gasteiger partial charge < -0.3 is 15.0 Å². The van der Waals surface area contributed by atoms with E-state index in [1.807, 2.05) is 30.3 Å². The quantitative estimate of drug-likeness (QED) is 0.678. The fourth-order valence-electron chi connectivity index (χ4n) is 3.76. The molecule has 134 valence electrons. The number of likely N-dealkylation sites (N-methyl/N-ethyl adjacent to an activating group) is 1. The first kappa shape index (κ1) is 17.4. The number of carbonyl (C=O) groups excluding carboxylic acids is 1. The Morgan fingerprint density at radius 2 is 2.08 bits per heavy atom. The fourth-order valence-corrected chi connectivity index (χ4v) is 4.49. The first-order valence-corrected chi connectivity index (χ1v) is 9.67. The molecule has 1 unspecified atom stereocenters. The molecule has 1 fully saturated rings. The van der Waals surface area contributed by atoms with E-state index in [0.717, 1.165) is 40.3 Å². The Morgan fingerprint density at radius 3 is 2.85 bits per heavy atom. The lowest BCUT2D eigenvalue weighted by atomic mass is 9.84. The molecule has 7 heteroatoms. The number of nitrogens with zero attached hydrogens (tertiary/aromatic N) is 3. The number of hydrogen-bond acceptors (Lipinski definition) is 6. The normalized spacial score (nSPS) is 21.8. The number of aldehydes is 1. The number of likely N-dealkylation sites (tertiary alicyclic amines) is 1. The molecule has 1 saturated heterocycles. The maximum Gasteiger partial charge on any atom is 0.142 e. The molecule has 0 bridgehead atoms. The van der Waals surface area contributed by atoms with E-state index in [1.165, 1.54) is 17.1 Å². The van der Waals surface area contributed by atoms with Gasteiger partial charge in [0.2, 0.25) is 0 Å². The number of anilines is 1. The van der Waals surface area contributed by atoms with Gasteiger partial charge in [-0.25, -0.2) is 0 Å². The van der Waals surface area contributed by atoms with Gasteiger partial charge in [-0.3, -0.25) is 0 Å². The molecule has 0 radical (unpaired) electrons. The van der Waals surface area contributed by atoms with Crippen LogP contribution in [0.1, 0.15) is 11.5 Å². The highest BCUT2D eigenvalue weighted by Crippen LogP contribution is 2.35. The monoisotopic (exact) mass is 386 g/mol. The Balaban J connectivity index is 1.59. The Hall–Kier alpha value is -2.02. The van der Waals surface area contributed by atoms with Crippen LogP contribution in [0.5, 0.6) is 0 Å². The van der Waals surface area contributed by atoms with E-state index < -0.39 is 0 Å². The number of carbonyl (C=O) groups is 1. The fraction of sp³-hybridized carbons (Fsp3) is 0.316. The van der Waals surface area contributed by atoms with Crippen LogP contribution in [0, 0.1) is 5.92 Å². The second kappa shape index (κ2) is 7.31. The van der Waals surface area contributed by atoms with E-state index in [2.05, 4.69) is 39.0 Å². The molecule has 2 heterocycles. The van der Waals surface area contributed by atoms with Crippen molar-refractivity contribution in [2.45, 2.75) is 12.0 Å². The predicted octanol–water partition coefficient (Wildman–Crippen LogP) is 3.67. The molecule has 5 nitrogen and oxygen atoms in total. The Kier molecular flexibility index (Phi) is 4.89. The van der Waals surface area contributed by atoms with E-state index in [9.17, 15) is 4.79 Å². The third-order valence-corrected chi connectivity index (χ3v) is 5.97. The van der Waals surface area contributed by atoms with Crippen molar-refractivity contribution < 1.29 is 4.79 Å². The lowest BCUT2D eigenvalue weighted by molar-refractivity contribution is -0.109. The summed E-state index contributed by atoms with van der Waals surface area (Å²) in [6.07, 6.45) is 1.03. The minimum absolute atomic E-state index is 0.189. The van der Waals surface area contributed by atoms with Crippen molar-refractivity contribution in [1.29, 1.82) is 0 Å². The Labute approximate surface area is 161 Å². The van der Waals surface area contributed by atoms with Gasteiger partial charge in [0.05, 0.1) is 10.7 Å². The van der Waals surface area contributed by atoms with Crippen molar-refractivity contribution in [3.8, 4) is 0 Å². The van der Waals surface area contributed by atoms with Crippen LogP contribution in [-0.4, -0.2) is 47.0 Å². The number of halogens is 1. The van der Waals surface area contributed by atoms with E-state index >= 15 is 0 Å². The van der Waals surface area contributed by atoms with Crippen molar-refractivity contribution in [1.82, 2.24) is 14.5 Å². The molecular weight excluding hydrogens is 368 g/mol. The number of rotatable bonds is 5. The van der Waals surface area contributed by atoms with Gasteiger partial charge in [0.25, 0.3) is 0 Å². The van der Waals surface area contributed by atoms with Gasteiger partial charge in [-0.15, -0.1) is 5.10 Å². The second-order valence-electron chi connectivity index (χ2n) is 6.80. The number of nitrogens with one attached hydrogen (secondary N) is 1. The standard InChI is InChI=1S/C19H19ClN4OS/c1-24-9-15(12-2-4-13(20)5-3-12)16(10-24)18(11-25)21-14-6-7-17-19(8-14)26-23-22-17/h2-8,11,15-16,18,21H,9-10H2,1H3/t15-,16?,18-/m0/s1. The summed E-state index contributed by atoms with van der Waals surface area (Å²) in [5, 5.41) is 8.20. The average Bonchev–Trinajstić information content (AvgIpc) is 3.26. The number of benzene rings is 2.